The van der Waals surface area contributed by atoms with Gasteiger partial charge in [-0.25, -0.2) is 14.6 Å². The van der Waals surface area contributed by atoms with Gasteiger partial charge in [0.2, 0.25) is 5.88 Å². The zero-order valence-corrected chi connectivity index (χ0v) is 13.2. The highest BCUT2D eigenvalue weighted by molar-refractivity contribution is 5.64. The Hall–Kier alpha value is -2.94. The Bertz CT molecular complexity index is 874. The number of rotatable bonds is 4. The molecule has 3 rings (SSSR count). The average molecular weight is 349 g/mol. The van der Waals surface area contributed by atoms with Gasteiger partial charge >= 0.3 is 6.18 Å². The normalized spacial score (nSPS) is 11.6. The van der Waals surface area contributed by atoms with E-state index in [0.29, 0.717) is 23.7 Å². The molecule has 0 spiro atoms. The molecule has 0 amide bonds. The number of aryl methyl sites for hydroxylation is 1. The van der Waals surface area contributed by atoms with Crippen LogP contribution in [0.4, 0.5) is 13.2 Å². The van der Waals surface area contributed by atoms with Crippen LogP contribution in [0, 0.1) is 0 Å². The maximum absolute atomic E-state index is 12.8. The monoisotopic (exact) mass is 349 g/mol. The van der Waals surface area contributed by atoms with Crippen molar-refractivity contribution >= 4 is 0 Å². The van der Waals surface area contributed by atoms with E-state index in [0.717, 1.165) is 16.3 Å². The number of ether oxygens (including phenoxy) is 1. The summed E-state index contributed by atoms with van der Waals surface area (Å²) < 4.78 is 45.0. The van der Waals surface area contributed by atoms with Crippen molar-refractivity contribution in [2.75, 3.05) is 0 Å². The van der Waals surface area contributed by atoms with Crippen LogP contribution in [0.5, 0.6) is 11.6 Å². The number of alkyl halides is 3. The maximum Gasteiger partial charge on any atom is 0.435 e. The van der Waals surface area contributed by atoms with E-state index in [1.165, 1.54) is 7.05 Å². The Labute approximate surface area is 141 Å². The number of hydrogen-bond donors (Lipinski definition) is 1. The van der Waals surface area contributed by atoms with Gasteiger partial charge in [0.05, 0.1) is 5.56 Å². The van der Waals surface area contributed by atoms with E-state index in [2.05, 4.69) is 15.1 Å². The van der Waals surface area contributed by atoms with Gasteiger partial charge in [0.1, 0.15) is 5.75 Å². The molecule has 3 aromatic rings. The molecule has 0 bridgehead atoms. The fourth-order valence-corrected chi connectivity index (χ4v) is 2.14. The van der Waals surface area contributed by atoms with E-state index in [9.17, 15) is 13.2 Å². The van der Waals surface area contributed by atoms with E-state index in [1.54, 1.807) is 36.7 Å². The molecule has 2 N–H and O–H groups in total. The van der Waals surface area contributed by atoms with Crippen molar-refractivity contribution in [3.8, 4) is 23.0 Å². The van der Waals surface area contributed by atoms with Gasteiger partial charge in [-0.15, -0.1) is 0 Å². The lowest BCUT2D eigenvalue weighted by Gasteiger charge is -2.10. The molecule has 0 aliphatic carbocycles. The first-order valence-electron chi connectivity index (χ1n) is 7.28. The van der Waals surface area contributed by atoms with Gasteiger partial charge in [-0.3, -0.25) is 0 Å². The topological polar surface area (TPSA) is 78.8 Å². The minimum absolute atomic E-state index is 0.0432. The Kier molecular flexibility index (Phi) is 4.41. The van der Waals surface area contributed by atoms with Crippen LogP contribution in [0.15, 0.2) is 42.7 Å². The third-order valence-electron chi connectivity index (χ3n) is 3.41. The highest BCUT2D eigenvalue weighted by Gasteiger charge is 2.35. The van der Waals surface area contributed by atoms with Crippen LogP contribution >= 0.6 is 0 Å². The van der Waals surface area contributed by atoms with Crippen LogP contribution < -0.4 is 10.5 Å². The van der Waals surface area contributed by atoms with Crippen molar-refractivity contribution in [3.63, 3.8) is 0 Å². The van der Waals surface area contributed by atoms with E-state index in [-0.39, 0.29) is 5.88 Å². The summed E-state index contributed by atoms with van der Waals surface area (Å²) in [5.41, 5.74) is 5.81. The van der Waals surface area contributed by atoms with Crippen LogP contribution in [-0.4, -0.2) is 19.7 Å². The Morgan fingerprint density at radius 2 is 1.84 bits per heavy atom. The van der Waals surface area contributed by atoms with Crippen molar-refractivity contribution in [1.29, 1.82) is 0 Å². The molecule has 0 unspecified atom stereocenters. The quantitative estimate of drug-likeness (QED) is 0.783. The minimum atomic E-state index is -4.54. The standard InChI is InChI=1S/C16H14F3N5O/c1-24-14(6-13(23-24)16(17,18)19)25-12-5-3-2-4-11(12)15-21-8-10(7-20)9-22-15/h2-6,8-9H,7,20H2,1H3. The smallest absolute Gasteiger partial charge is 0.435 e. The molecule has 0 aliphatic heterocycles. The largest absolute Gasteiger partial charge is 0.439 e. The fourth-order valence-electron chi connectivity index (χ4n) is 2.14. The first kappa shape index (κ1) is 16.9. The fraction of sp³-hybridized carbons (Fsp3) is 0.188. The molecule has 1 aromatic carbocycles. The van der Waals surface area contributed by atoms with Crippen LogP contribution in [-0.2, 0) is 19.8 Å². The molecule has 6 nitrogen and oxygen atoms in total. The molecule has 0 saturated heterocycles. The second-order valence-electron chi connectivity index (χ2n) is 5.21. The molecule has 0 radical (unpaired) electrons. The van der Waals surface area contributed by atoms with Crippen LogP contribution in [0.2, 0.25) is 0 Å². The Morgan fingerprint density at radius 3 is 2.44 bits per heavy atom. The molecule has 0 atom stereocenters. The van der Waals surface area contributed by atoms with Crippen LogP contribution in [0.1, 0.15) is 11.3 Å². The number of nitrogens with zero attached hydrogens (tertiary/aromatic N) is 4. The third kappa shape index (κ3) is 3.61. The molecule has 130 valence electrons. The summed E-state index contributed by atoms with van der Waals surface area (Å²) in [6.45, 7) is 0.313. The van der Waals surface area contributed by atoms with E-state index in [1.807, 2.05) is 0 Å². The lowest BCUT2D eigenvalue weighted by atomic mass is 10.2. The van der Waals surface area contributed by atoms with Crippen molar-refractivity contribution in [1.82, 2.24) is 19.7 Å². The van der Waals surface area contributed by atoms with Crippen LogP contribution in [0.25, 0.3) is 11.4 Å². The number of halogens is 3. The van der Waals surface area contributed by atoms with Gasteiger partial charge in [-0.05, 0) is 12.1 Å². The summed E-state index contributed by atoms with van der Waals surface area (Å²) in [7, 11) is 1.37. The highest BCUT2D eigenvalue weighted by atomic mass is 19.4. The number of hydrogen-bond acceptors (Lipinski definition) is 5. The zero-order valence-electron chi connectivity index (χ0n) is 13.2. The van der Waals surface area contributed by atoms with E-state index >= 15 is 0 Å². The van der Waals surface area contributed by atoms with Crippen molar-refractivity contribution < 1.29 is 17.9 Å². The van der Waals surface area contributed by atoms with Gasteiger partial charge in [-0.2, -0.15) is 18.3 Å². The predicted octanol–water partition coefficient (Wildman–Crippen LogP) is 3.15. The molecular weight excluding hydrogens is 335 g/mol. The molecule has 0 fully saturated rings. The van der Waals surface area contributed by atoms with E-state index in [4.69, 9.17) is 10.5 Å². The third-order valence-corrected chi connectivity index (χ3v) is 3.41. The summed E-state index contributed by atoms with van der Waals surface area (Å²) in [6.07, 6.45) is -1.37. The molecular formula is C16H14F3N5O. The number of aromatic nitrogens is 4. The van der Waals surface area contributed by atoms with Gasteiger partial charge in [-0.1, -0.05) is 12.1 Å². The molecule has 0 aliphatic rings. The van der Waals surface area contributed by atoms with Gasteiger partial charge in [0.25, 0.3) is 0 Å². The summed E-state index contributed by atoms with van der Waals surface area (Å²) >= 11 is 0. The molecule has 9 heteroatoms. The summed E-state index contributed by atoms with van der Waals surface area (Å²) in [6, 6.07) is 7.64. The number of para-hydroxylation sites is 1. The van der Waals surface area contributed by atoms with Gasteiger partial charge < -0.3 is 10.5 Å². The van der Waals surface area contributed by atoms with Crippen LogP contribution in [0.3, 0.4) is 0 Å². The van der Waals surface area contributed by atoms with Gasteiger partial charge in [0.15, 0.2) is 11.5 Å². The Balaban J connectivity index is 1.95. The summed E-state index contributed by atoms with van der Waals surface area (Å²) in [4.78, 5) is 8.43. The molecule has 0 saturated carbocycles. The molecule has 2 heterocycles. The number of benzene rings is 1. The lowest BCUT2D eigenvalue weighted by molar-refractivity contribution is -0.141. The van der Waals surface area contributed by atoms with Crippen molar-refractivity contribution in [2.24, 2.45) is 12.8 Å². The summed E-state index contributed by atoms with van der Waals surface area (Å²) in [5.74, 6) is 0.657. The maximum atomic E-state index is 12.8. The number of nitrogens with two attached hydrogens (primary N) is 1. The predicted molar refractivity (Wildman–Crippen MR) is 83.6 cm³/mol. The SMILES string of the molecule is Cn1nc(C(F)(F)F)cc1Oc1ccccc1-c1ncc(CN)cn1. The molecule has 2 aromatic heterocycles. The minimum Gasteiger partial charge on any atom is -0.439 e. The second kappa shape index (κ2) is 6.52. The highest BCUT2D eigenvalue weighted by Crippen LogP contribution is 2.34. The molecule has 25 heavy (non-hydrogen) atoms. The first-order valence-corrected chi connectivity index (χ1v) is 7.28. The Morgan fingerprint density at radius 1 is 1.16 bits per heavy atom. The summed E-state index contributed by atoms with van der Waals surface area (Å²) in [5, 5.41) is 3.42. The lowest BCUT2D eigenvalue weighted by Crippen LogP contribution is -2.06. The zero-order chi connectivity index (χ0) is 18.0. The van der Waals surface area contributed by atoms with E-state index < -0.39 is 11.9 Å². The second-order valence-corrected chi connectivity index (χ2v) is 5.21. The first-order chi connectivity index (χ1) is 11.9. The van der Waals surface area contributed by atoms with Crippen molar-refractivity contribution in [3.05, 3.63) is 54.0 Å². The average Bonchev–Trinajstić information content (AvgIpc) is 2.97. The van der Waals surface area contributed by atoms with Crippen molar-refractivity contribution in [2.45, 2.75) is 12.7 Å². The van der Waals surface area contributed by atoms with Gasteiger partial charge in [0, 0.05) is 37.6 Å².